The van der Waals surface area contributed by atoms with Crippen LogP contribution in [0.1, 0.15) is 62.6 Å². The second-order valence-electron chi connectivity index (χ2n) is 5.78. The molecule has 0 spiro atoms. The predicted molar refractivity (Wildman–Crippen MR) is 79.7 cm³/mol. The number of amides is 1. The number of carbonyl (C=O) groups excluding carboxylic acids is 1. The van der Waals surface area contributed by atoms with Gasteiger partial charge in [-0.1, -0.05) is 27.7 Å². The average Bonchev–Trinajstić information content (AvgIpc) is 2.83. The summed E-state index contributed by atoms with van der Waals surface area (Å²) < 4.78 is 1.75. The number of nitrogens with zero attached hydrogens (tertiary/aromatic N) is 2. The minimum Gasteiger partial charge on any atom is -0.396 e. The Morgan fingerprint density at radius 1 is 1.45 bits per heavy atom. The Labute approximate surface area is 121 Å². The van der Waals surface area contributed by atoms with E-state index in [0.29, 0.717) is 18.2 Å². The first kappa shape index (κ1) is 16.7. The van der Waals surface area contributed by atoms with Gasteiger partial charge in [0.2, 0.25) is 0 Å². The smallest absolute Gasteiger partial charge is 0.271 e. The molecule has 0 aromatic carbocycles. The van der Waals surface area contributed by atoms with Gasteiger partial charge in [-0.05, 0) is 24.8 Å². The summed E-state index contributed by atoms with van der Waals surface area (Å²) in [5.74, 6) is 0.157. The van der Waals surface area contributed by atoms with E-state index in [4.69, 9.17) is 0 Å². The summed E-state index contributed by atoms with van der Waals surface area (Å²) >= 11 is 0. The van der Waals surface area contributed by atoms with Crippen LogP contribution in [0.5, 0.6) is 0 Å². The zero-order chi connectivity index (χ0) is 15.3. The summed E-state index contributed by atoms with van der Waals surface area (Å²) in [6.45, 7) is 8.77. The molecule has 1 aromatic rings. The Morgan fingerprint density at radius 2 is 2.05 bits per heavy atom. The molecule has 0 aliphatic rings. The quantitative estimate of drug-likeness (QED) is 0.804. The standard InChI is InChI=1S/C15H27N3O2/c1-6-15(7-2,10-19)9-16-14(20)12-8-13(11(3)4)18(5)17-12/h8,11,19H,6-7,9-10H2,1-5H3,(H,16,20). The second kappa shape index (κ2) is 6.88. The van der Waals surface area contributed by atoms with Crippen molar-refractivity contribution in [2.75, 3.05) is 13.2 Å². The number of nitrogens with one attached hydrogen (secondary N) is 1. The maximum atomic E-state index is 12.2. The molecule has 20 heavy (non-hydrogen) atoms. The van der Waals surface area contributed by atoms with Gasteiger partial charge in [0.05, 0.1) is 6.61 Å². The summed E-state index contributed by atoms with van der Waals surface area (Å²) in [6, 6.07) is 1.83. The Kier molecular flexibility index (Phi) is 5.74. The summed E-state index contributed by atoms with van der Waals surface area (Å²) in [7, 11) is 1.85. The molecule has 2 N–H and O–H groups in total. The molecule has 0 unspecified atom stereocenters. The molecule has 1 amide bonds. The minimum absolute atomic E-state index is 0.0831. The molecular weight excluding hydrogens is 254 g/mol. The van der Waals surface area contributed by atoms with E-state index in [1.807, 2.05) is 27.0 Å². The molecule has 0 saturated heterocycles. The van der Waals surface area contributed by atoms with Crippen molar-refractivity contribution in [1.29, 1.82) is 0 Å². The number of hydrogen-bond donors (Lipinski definition) is 2. The topological polar surface area (TPSA) is 67.2 Å². The molecule has 5 nitrogen and oxygen atoms in total. The van der Waals surface area contributed by atoms with Crippen molar-refractivity contribution in [2.24, 2.45) is 12.5 Å². The third-order valence-electron chi connectivity index (χ3n) is 4.20. The predicted octanol–water partition coefficient (Wildman–Crippen LogP) is 2.07. The summed E-state index contributed by atoms with van der Waals surface area (Å²) in [4.78, 5) is 12.2. The van der Waals surface area contributed by atoms with Crippen LogP contribution < -0.4 is 5.32 Å². The van der Waals surface area contributed by atoms with E-state index in [9.17, 15) is 9.90 Å². The third kappa shape index (κ3) is 3.60. The Morgan fingerprint density at radius 3 is 2.45 bits per heavy atom. The van der Waals surface area contributed by atoms with Gasteiger partial charge in [0, 0.05) is 24.7 Å². The van der Waals surface area contributed by atoms with Crippen LogP contribution in [0, 0.1) is 5.41 Å². The van der Waals surface area contributed by atoms with Crippen LogP contribution in [0.3, 0.4) is 0 Å². The molecule has 0 radical (unpaired) electrons. The van der Waals surface area contributed by atoms with Crippen molar-refractivity contribution in [3.8, 4) is 0 Å². The van der Waals surface area contributed by atoms with Gasteiger partial charge >= 0.3 is 0 Å². The molecule has 0 atom stereocenters. The zero-order valence-corrected chi connectivity index (χ0v) is 13.2. The van der Waals surface area contributed by atoms with Gasteiger partial charge < -0.3 is 10.4 Å². The van der Waals surface area contributed by atoms with Gasteiger partial charge in [0.15, 0.2) is 0 Å². The second-order valence-corrected chi connectivity index (χ2v) is 5.78. The van der Waals surface area contributed by atoms with Crippen molar-refractivity contribution in [3.63, 3.8) is 0 Å². The molecule has 0 aliphatic heterocycles. The van der Waals surface area contributed by atoms with Crippen LogP contribution in [-0.2, 0) is 7.05 Å². The van der Waals surface area contributed by atoms with Gasteiger partial charge in [0.1, 0.15) is 5.69 Å². The highest BCUT2D eigenvalue weighted by molar-refractivity contribution is 5.92. The van der Waals surface area contributed by atoms with Crippen LogP contribution in [0.25, 0.3) is 0 Å². The van der Waals surface area contributed by atoms with Gasteiger partial charge in [-0.25, -0.2) is 0 Å². The molecular formula is C15H27N3O2. The lowest BCUT2D eigenvalue weighted by Crippen LogP contribution is -2.39. The van der Waals surface area contributed by atoms with Crippen LogP contribution in [0.15, 0.2) is 6.07 Å². The first-order valence-electron chi connectivity index (χ1n) is 7.32. The molecule has 0 saturated carbocycles. The Bertz CT molecular complexity index is 440. The van der Waals surface area contributed by atoms with E-state index in [1.165, 1.54) is 0 Å². The summed E-state index contributed by atoms with van der Waals surface area (Å²) in [5.41, 5.74) is 1.25. The van der Waals surface area contributed by atoms with E-state index in [0.717, 1.165) is 18.5 Å². The van der Waals surface area contributed by atoms with E-state index in [2.05, 4.69) is 24.3 Å². The lowest BCUT2D eigenvalue weighted by atomic mass is 9.83. The number of aliphatic hydroxyl groups excluding tert-OH is 1. The van der Waals surface area contributed by atoms with Crippen LogP contribution in [0.2, 0.25) is 0 Å². The Hall–Kier alpha value is -1.36. The fourth-order valence-corrected chi connectivity index (χ4v) is 2.27. The molecule has 0 bridgehead atoms. The molecule has 1 rings (SSSR count). The highest BCUT2D eigenvalue weighted by Crippen LogP contribution is 2.24. The normalized spacial score (nSPS) is 11.9. The van der Waals surface area contributed by atoms with Crippen LogP contribution in [-0.4, -0.2) is 33.9 Å². The highest BCUT2D eigenvalue weighted by Gasteiger charge is 2.26. The maximum absolute atomic E-state index is 12.2. The van der Waals surface area contributed by atoms with E-state index in [-0.39, 0.29) is 17.9 Å². The van der Waals surface area contributed by atoms with E-state index < -0.39 is 0 Å². The SMILES string of the molecule is CCC(CC)(CO)CNC(=O)c1cc(C(C)C)n(C)n1. The number of aromatic nitrogens is 2. The van der Waals surface area contributed by atoms with Crippen molar-refractivity contribution in [3.05, 3.63) is 17.5 Å². The first-order valence-corrected chi connectivity index (χ1v) is 7.32. The Balaban J connectivity index is 2.74. The van der Waals surface area contributed by atoms with Crippen molar-refractivity contribution < 1.29 is 9.90 Å². The van der Waals surface area contributed by atoms with Crippen molar-refractivity contribution >= 4 is 5.91 Å². The van der Waals surface area contributed by atoms with E-state index >= 15 is 0 Å². The number of aliphatic hydroxyl groups is 1. The third-order valence-corrected chi connectivity index (χ3v) is 4.20. The van der Waals surface area contributed by atoms with Gasteiger partial charge in [0.25, 0.3) is 5.91 Å². The summed E-state index contributed by atoms with van der Waals surface area (Å²) in [5, 5.41) is 16.7. The first-order chi connectivity index (χ1) is 9.39. The number of hydrogen-bond acceptors (Lipinski definition) is 3. The van der Waals surface area contributed by atoms with Crippen molar-refractivity contribution in [1.82, 2.24) is 15.1 Å². The summed E-state index contributed by atoms with van der Waals surface area (Å²) in [6.07, 6.45) is 1.67. The average molecular weight is 281 g/mol. The zero-order valence-electron chi connectivity index (χ0n) is 13.2. The fourth-order valence-electron chi connectivity index (χ4n) is 2.27. The van der Waals surface area contributed by atoms with Gasteiger partial charge in [-0.3, -0.25) is 9.48 Å². The van der Waals surface area contributed by atoms with Crippen LogP contribution in [0.4, 0.5) is 0 Å². The highest BCUT2D eigenvalue weighted by atomic mass is 16.3. The minimum atomic E-state index is -0.231. The molecule has 114 valence electrons. The fraction of sp³-hybridized carbons (Fsp3) is 0.733. The molecule has 1 heterocycles. The molecule has 5 heteroatoms. The monoisotopic (exact) mass is 281 g/mol. The largest absolute Gasteiger partial charge is 0.396 e. The number of rotatable bonds is 7. The van der Waals surface area contributed by atoms with Gasteiger partial charge in [-0.15, -0.1) is 0 Å². The van der Waals surface area contributed by atoms with Gasteiger partial charge in [-0.2, -0.15) is 5.10 Å². The molecule has 0 fully saturated rings. The number of aryl methyl sites for hydroxylation is 1. The molecule has 1 aromatic heterocycles. The lowest BCUT2D eigenvalue weighted by Gasteiger charge is -2.29. The van der Waals surface area contributed by atoms with Crippen LogP contribution >= 0.6 is 0 Å². The lowest BCUT2D eigenvalue weighted by molar-refractivity contribution is 0.0846. The van der Waals surface area contributed by atoms with Crippen molar-refractivity contribution in [2.45, 2.75) is 46.5 Å². The maximum Gasteiger partial charge on any atom is 0.271 e. The number of carbonyl (C=O) groups is 1. The van der Waals surface area contributed by atoms with E-state index in [1.54, 1.807) is 4.68 Å². The molecule has 0 aliphatic carbocycles.